The van der Waals surface area contributed by atoms with Crippen LogP contribution in [0.5, 0.6) is 0 Å². The highest BCUT2D eigenvalue weighted by Crippen LogP contribution is 2.32. The van der Waals surface area contributed by atoms with Crippen molar-refractivity contribution in [3.63, 3.8) is 0 Å². The number of nitriles is 1. The Morgan fingerprint density at radius 2 is 2.31 bits per heavy atom. The summed E-state index contributed by atoms with van der Waals surface area (Å²) >= 11 is 1.53. The standard InChI is InChI=1S/C19H21FN4OS/c1-12(26-2)19(25)24-8-4-3-5-17(24)18-22-11-16(23-18)14-7-6-13(10-21)9-15(14)20/h6-7,9,11-12,17H,3-5,8H2,1-2H3,(H,22,23). The summed E-state index contributed by atoms with van der Waals surface area (Å²) < 4.78 is 14.3. The van der Waals surface area contributed by atoms with Crippen LogP contribution in [-0.2, 0) is 4.79 Å². The predicted molar refractivity (Wildman–Crippen MR) is 100.0 cm³/mol. The molecule has 1 aromatic heterocycles. The molecule has 2 atom stereocenters. The van der Waals surface area contributed by atoms with E-state index in [9.17, 15) is 9.18 Å². The Morgan fingerprint density at radius 3 is 3.00 bits per heavy atom. The van der Waals surface area contributed by atoms with Gasteiger partial charge < -0.3 is 9.88 Å². The van der Waals surface area contributed by atoms with Crippen LogP contribution < -0.4 is 0 Å². The van der Waals surface area contributed by atoms with Gasteiger partial charge in [-0.05, 0) is 50.6 Å². The van der Waals surface area contributed by atoms with Crippen molar-refractivity contribution >= 4 is 17.7 Å². The third kappa shape index (κ3) is 3.61. The molecule has 1 aliphatic heterocycles. The number of benzene rings is 1. The maximum absolute atomic E-state index is 14.3. The number of imidazole rings is 1. The second kappa shape index (κ2) is 7.92. The first-order chi connectivity index (χ1) is 12.5. The molecular formula is C19H21FN4OS. The van der Waals surface area contributed by atoms with E-state index in [1.807, 2.05) is 24.1 Å². The van der Waals surface area contributed by atoms with Crippen LogP contribution >= 0.6 is 11.8 Å². The molecule has 1 aromatic carbocycles. The minimum absolute atomic E-state index is 0.0963. The summed E-state index contributed by atoms with van der Waals surface area (Å²) in [5.74, 6) is 0.335. The van der Waals surface area contributed by atoms with E-state index in [-0.39, 0.29) is 22.8 Å². The Labute approximate surface area is 156 Å². The van der Waals surface area contributed by atoms with Crippen LogP contribution in [0.1, 0.15) is 43.6 Å². The largest absolute Gasteiger partial charge is 0.340 e. The number of hydrogen-bond acceptors (Lipinski definition) is 4. The van der Waals surface area contributed by atoms with Crippen LogP contribution in [0.15, 0.2) is 24.4 Å². The van der Waals surface area contributed by atoms with Gasteiger partial charge in [0.25, 0.3) is 0 Å². The summed E-state index contributed by atoms with van der Waals surface area (Å²) in [7, 11) is 0. The van der Waals surface area contributed by atoms with E-state index >= 15 is 0 Å². The van der Waals surface area contributed by atoms with E-state index in [0.717, 1.165) is 25.8 Å². The lowest BCUT2D eigenvalue weighted by Gasteiger charge is -2.36. The third-order valence-electron chi connectivity index (χ3n) is 4.79. The smallest absolute Gasteiger partial charge is 0.236 e. The molecular weight excluding hydrogens is 351 g/mol. The van der Waals surface area contributed by atoms with Crippen molar-refractivity contribution in [3.05, 3.63) is 41.6 Å². The SMILES string of the molecule is CSC(C)C(=O)N1CCCCC1c1ncc(-c2ccc(C#N)cc2F)[nH]1. The topological polar surface area (TPSA) is 72.8 Å². The molecule has 0 radical (unpaired) electrons. The third-order valence-corrected chi connectivity index (χ3v) is 5.70. The number of rotatable bonds is 4. The molecule has 0 aliphatic carbocycles. The predicted octanol–water partition coefficient (Wildman–Crippen LogP) is 3.89. The summed E-state index contributed by atoms with van der Waals surface area (Å²) in [6, 6.07) is 6.18. The minimum atomic E-state index is -0.466. The number of piperidine rings is 1. The Kier molecular flexibility index (Phi) is 5.62. The number of carbonyl (C=O) groups excluding carboxylic acids is 1. The molecule has 1 amide bonds. The number of nitrogens with one attached hydrogen (secondary N) is 1. The van der Waals surface area contributed by atoms with Crippen molar-refractivity contribution in [2.24, 2.45) is 0 Å². The summed E-state index contributed by atoms with van der Waals surface area (Å²) in [6.45, 7) is 2.63. The van der Waals surface area contributed by atoms with Gasteiger partial charge in [-0.15, -0.1) is 0 Å². The van der Waals surface area contributed by atoms with Crippen LogP contribution in [0.4, 0.5) is 4.39 Å². The Morgan fingerprint density at radius 1 is 1.50 bits per heavy atom. The van der Waals surface area contributed by atoms with Crippen molar-refractivity contribution in [1.82, 2.24) is 14.9 Å². The number of halogens is 1. The van der Waals surface area contributed by atoms with E-state index in [0.29, 0.717) is 17.1 Å². The van der Waals surface area contributed by atoms with Gasteiger partial charge >= 0.3 is 0 Å². The number of thioether (sulfide) groups is 1. The van der Waals surface area contributed by atoms with Crippen molar-refractivity contribution in [1.29, 1.82) is 5.26 Å². The molecule has 136 valence electrons. The lowest BCUT2D eigenvalue weighted by Crippen LogP contribution is -2.42. The van der Waals surface area contributed by atoms with Gasteiger partial charge in [-0.2, -0.15) is 17.0 Å². The fourth-order valence-corrected chi connectivity index (χ4v) is 3.60. The zero-order chi connectivity index (χ0) is 18.7. The van der Waals surface area contributed by atoms with Crippen LogP contribution in [0.3, 0.4) is 0 Å². The van der Waals surface area contributed by atoms with Crippen molar-refractivity contribution in [2.75, 3.05) is 12.8 Å². The van der Waals surface area contributed by atoms with Gasteiger partial charge in [-0.3, -0.25) is 4.79 Å². The van der Waals surface area contributed by atoms with E-state index in [1.165, 1.54) is 17.8 Å². The molecule has 1 N–H and O–H groups in total. The lowest BCUT2D eigenvalue weighted by molar-refractivity contribution is -0.134. The normalized spacial score (nSPS) is 18.4. The maximum atomic E-state index is 14.3. The second-order valence-electron chi connectivity index (χ2n) is 6.41. The first kappa shape index (κ1) is 18.5. The highest BCUT2D eigenvalue weighted by Gasteiger charge is 2.32. The van der Waals surface area contributed by atoms with Gasteiger partial charge in [-0.1, -0.05) is 0 Å². The molecule has 1 fully saturated rings. The number of hydrogen-bond donors (Lipinski definition) is 1. The molecule has 7 heteroatoms. The molecule has 1 saturated heterocycles. The minimum Gasteiger partial charge on any atom is -0.340 e. The summed E-state index contributed by atoms with van der Waals surface area (Å²) in [5.41, 5.74) is 1.20. The maximum Gasteiger partial charge on any atom is 0.236 e. The fourth-order valence-electron chi connectivity index (χ4n) is 3.26. The number of likely N-dealkylation sites (tertiary alicyclic amines) is 1. The summed E-state index contributed by atoms with van der Waals surface area (Å²) in [4.78, 5) is 22.2. The first-order valence-corrected chi connectivity index (χ1v) is 9.92. The Hall–Kier alpha value is -2.33. The highest BCUT2D eigenvalue weighted by molar-refractivity contribution is 7.99. The number of aromatic nitrogens is 2. The van der Waals surface area contributed by atoms with Crippen LogP contribution in [-0.4, -0.2) is 38.8 Å². The quantitative estimate of drug-likeness (QED) is 0.884. The average Bonchev–Trinajstić information content (AvgIpc) is 3.16. The number of aromatic amines is 1. The highest BCUT2D eigenvalue weighted by atomic mass is 32.2. The number of carbonyl (C=O) groups is 1. The average molecular weight is 372 g/mol. The van der Waals surface area contributed by atoms with Gasteiger partial charge in [0.1, 0.15) is 11.6 Å². The van der Waals surface area contributed by atoms with Crippen LogP contribution in [0.2, 0.25) is 0 Å². The molecule has 1 aliphatic rings. The number of amides is 1. The lowest BCUT2D eigenvalue weighted by atomic mass is 10.0. The molecule has 26 heavy (non-hydrogen) atoms. The molecule has 2 aromatic rings. The summed E-state index contributed by atoms with van der Waals surface area (Å²) in [5, 5.41) is 8.77. The Balaban J connectivity index is 1.88. The van der Waals surface area contributed by atoms with Crippen molar-refractivity contribution < 1.29 is 9.18 Å². The zero-order valence-electron chi connectivity index (χ0n) is 14.8. The number of H-pyrrole nitrogens is 1. The van der Waals surface area contributed by atoms with E-state index in [4.69, 9.17) is 5.26 Å². The van der Waals surface area contributed by atoms with Gasteiger partial charge in [-0.25, -0.2) is 9.37 Å². The molecule has 0 bridgehead atoms. The molecule has 0 spiro atoms. The molecule has 0 saturated carbocycles. The zero-order valence-corrected chi connectivity index (χ0v) is 15.6. The molecule has 5 nitrogen and oxygen atoms in total. The van der Waals surface area contributed by atoms with E-state index < -0.39 is 5.82 Å². The summed E-state index contributed by atoms with van der Waals surface area (Å²) in [6.07, 6.45) is 6.38. The second-order valence-corrected chi connectivity index (χ2v) is 7.59. The van der Waals surface area contributed by atoms with E-state index in [1.54, 1.807) is 18.3 Å². The van der Waals surface area contributed by atoms with Gasteiger partial charge in [0.05, 0.1) is 34.8 Å². The van der Waals surface area contributed by atoms with Crippen LogP contribution in [0, 0.1) is 17.1 Å². The number of nitrogens with zero attached hydrogens (tertiary/aromatic N) is 3. The monoisotopic (exact) mass is 372 g/mol. The van der Waals surface area contributed by atoms with Gasteiger partial charge in [0, 0.05) is 12.1 Å². The van der Waals surface area contributed by atoms with Crippen molar-refractivity contribution in [2.45, 2.75) is 37.5 Å². The molecule has 2 unspecified atom stereocenters. The first-order valence-electron chi connectivity index (χ1n) is 8.63. The van der Waals surface area contributed by atoms with Gasteiger partial charge in [0.15, 0.2) is 0 Å². The van der Waals surface area contributed by atoms with E-state index in [2.05, 4.69) is 9.97 Å². The molecule has 3 rings (SSSR count). The van der Waals surface area contributed by atoms with Crippen molar-refractivity contribution in [3.8, 4) is 17.3 Å². The van der Waals surface area contributed by atoms with Gasteiger partial charge in [0.2, 0.25) is 5.91 Å². The van der Waals surface area contributed by atoms with Crippen LogP contribution in [0.25, 0.3) is 11.3 Å². The Bertz CT molecular complexity index is 844. The molecule has 2 heterocycles. The fraction of sp³-hybridized carbons (Fsp3) is 0.421.